The van der Waals surface area contributed by atoms with Crippen LogP contribution in [-0.4, -0.2) is 42.1 Å². The highest BCUT2D eigenvalue weighted by molar-refractivity contribution is 6.32. The van der Waals surface area contributed by atoms with E-state index in [1.54, 1.807) is 12.1 Å². The Morgan fingerprint density at radius 3 is 3.04 bits per heavy atom. The second kappa shape index (κ2) is 7.10. The van der Waals surface area contributed by atoms with Gasteiger partial charge < -0.3 is 15.0 Å². The molecule has 2 saturated heterocycles. The molecule has 0 unspecified atom stereocenters. The molecule has 0 saturated carbocycles. The third-order valence-electron chi connectivity index (χ3n) is 5.15. The lowest BCUT2D eigenvalue weighted by Gasteiger charge is -2.48. The van der Waals surface area contributed by atoms with Crippen molar-refractivity contribution in [2.45, 2.75) is 50.6 Å². The monoisotopic (exact) mass is 336 g/mol. The Hall–Kier alpha value is -1.26. The third kappa shape index (κ3) is 3.64. The van der Waals surface area contributed by atoms with Crippen molar-refractivity contribution in [2.24, 2.45) is 0 Å². The summed E-state index contributed by atoms with van der Waals surface area (Å²) in [5, 5.41) is 4.21. The number of fused-ring (bicyclic) bond motifs is 1. The predicted molar refractivity (Wildman–Crippen MR) is 91.9 cm³/mol. The number of amides is 1. The number of para-hydroxylation sites is 1. The number of carbonyl (C=O) groups excluding carboxylic acids is 1. The van der Waals surface area contributed by atoms with Gasteiger partial charge in [0.25, 0.3) is 5.91 Å². The van der Waals surface area contributed by atoms with Crippen molar-refractivity contribution in [1.82, 2.24) is 10.2 Å². The molecule has 0 bridgehead atoms. The minimum atomic E-state index is 0.0365. The number of likely N-dealkylation sites (tertiary alicyclic amines) is 1. The number of carbonyl (C=O) groups is 1. The van der Waals surface area contributed by atoms with E-state index in [1.165, 1.54) is 12.8 Å². The topological polar surface area (TPSA) is 41.6 Å². The van der Waals surface area contributed by atoms with E-state index in [-0.39, 0.29) is 24.1 Å². The number of nitrogens with zero attached hydrogens (tertiary/aromatic N) is 1. The average molecular weight is 337 g/mol. The van der Waals surface area contributed by atoms with Gasteiger partial charge in [-0.25, -0.2) is 0 Å². The first-order valence-electron chi connectivity index (χ1n) is 8.52. The van der Waals surface area contributed by atoms with E-state index in [2.05, 4.69) is 12.2 Å². The van der Waals surface area contributed by atoms with E-state index >= 15 is 0 Å². The van der Waals surface area contributed by atoms with E-state index < -0.39 is 0 Å². The standard InChI is InChI=1S/C18H25ClN2O2/c1-18-10-6-12-21(16(18)9-4-5-11-20-18)17(22)13-23-15-8-3-2-7-14(15)19/h2-3,7-8,16,20H,4-6,9-13H2,1H3/t16-,18-/m0/s1. The fourth-order valence-corrected chi connectivity index (χ4v) is 4.07. The maximum Gasteiger partial charge on any atom is 0.260 e. The zero-order valence-corrected chi connectivity index (χ0v) is 14.4. The van der Waals surface area contributed by atoms with Crippen molar-refractivity contribution < 1.29 is 9.53 Å². The second-order valence-corrected chi connectivity index (χ2v) is 7.17. The molecule has 1 N–H and O–H groups in total. The Morgan fingerprint density at radius 2 is 2.22 bits per heavy atom. The number of hydrogen-bond donors (Lipinski definition) is 1. The summed E-state index contributed by atoms with van der Waals surface area (Å²) < 4.78 is 5.65. The van der Waals surface area contributed by atoms with Gasteiger partial charge in [-0.05, 0) is 51.3 Å². The quantitative estimate of drug-likeness (QED) is 0.921. The van der Waals surface area contributed by atoms with Crippen LogP contribution in [0.15, 0.2) is 24.3 Å². The molecule has 2 aliphatic rings. The highest BCUT2D eigenvalue weighted by Gasteiger charge is 2.43. The minimum absolute atomic E-state index is 0.0365. The highest BCUT2D eigenvalue weighted by atomic mass is 35.5. The van der Waals surface area contributed by atoms with Gasteiger partial charge in [0, 0.05) is 18.1 Å². The maximum absolute atomic E-state index is 12.7. The van der Waals surface area contributed by atoms with Crippen molar-refractivity contribution in [3.63, 3.8) is 0 Å². The Morgan fingerprint density at radius 1 is 1.39 bits per heavy atom. The molecule has 2 atom stereocenters. The molecule has 1 amide bonds. The van der Waals surface area contributed by atoms with Crippen LogP contribution in [0.1, 0.15) is 39.0 Å². The van der Waals surface area contributed by atoms with Crippen molar-refractivity contribution in [3.8, 4) is 5.75 Å². The van der Waals surface area contributed by atoms with Crippen LogP contribution in [-0.2, 0) is 4.79 Å². The lowest BCUT2D eigenvalue weighted by molar-refractivity contribution is -0.139. The van der Waals surface area contributed by atoms with E-state index in [9.17, 15) is 4.79 Å². The maximum atomic E-state index is 12.7. The molecule has 0 radical (unpaired) electrons. The number of hydrogen-bond acceptors (Lipinski definition) is 3. The number of piperidine rings is 1. The second-order valence-electron chi connectivity index (χ2n) is 6.77. The van der Waals surface area contributed by atoms with Crippen LogP contribution >= 0.6 is 11.6 Å². The third-order valence-corrected chi connectivity index (χ3v) is 5.46. The SMILES string of the molecule is C[C@]12CCCN(C(=O)COc3ccccc3Cl)[C@H]1CCCCN2. The molecular formula is C18H25ClN2O2. The number of rotatable bonds is 3. The van der Waals surface area contributed by atoms with Gasteiger partial charge in [-0.3, -0.25) is 4.79 Å². The summed E-state index contributed by atoms with van der Waals surface area (Å²) in [4.78, 5) is 14.7. The number of ether oxygens (including phenoxy) is 1. The number of halogens is 1. The summed E-state index contributed by atoms with van der Waals surface area (Å²) in [6.45, 7) is 4.19. The van der Waals surface area contributed by atoms with Crippen LogP contribution < -0.4 is 10.1 Å². The average Bonchev–Trinajstić information content (AvgIpc) is 2.74. The largest absolute Gasteiger partial charge is 0.482 e. The lowest BCUT2D eigenvalue weighted by Crippen LogP contribution is -2.63. The van der Waals surface area contributed by atoms with Gasteiger partial charge in [-0.1, -0.05) is 30.2 Å². The fraction of sp³-hybridized carbons (Fsp3) is 0.611. The van der Waals surface area contributed by atoms with Gasteiger partial charge in [0.1, 0.15) is 5.75 Å². The summed E-state index contributed by atoms with van der Waals surface area (Å²) in [5.41, 5.74) is 0.0365. The Labute approximate surface area is 143 Å². The molecule has 3 rings (SSSR count). The normalized spacial score (nSPS) is 27.9. The number of benzene rings is 1. The minimum Gasteiger partial charge on any atom is -0.482 e. The van der Waals surface area contributed by atoms with E-state index in [0.29, 0.717) is 10.8 Å². The zero-order chi connectivity index (χ0) is 16.3. The van der Waals surface area contributed by atoms with Crippen LogP contribution in [0.25, 0.3) is 0 Å². The summed E-state index contributed by atoms with van der Waals surface area (Å²) in [6.07, 6.45) is 5.60. The van der Waals surface area contributed by atoms with E-state index in [0.717, 1.165) is 32.4 Å². The summed E-state index contributed by atoms with van der Waals surface area (Å²) in [6, 6.07) is 7.54. The van der Waals surface area contributed by atoms with E-state index in [1.807, 2.05) is 17.0 Å². The molecule has 0 aliphatic carbocycles. The van der Waals surface area contributed by atoms with Gasteiger partial charge in [0.2, 0.25) is 0 Å². The summed E-state index contributed by atoms with van der Waals surface area (Å²) in [5.74, 6) is 0.630. The summed E-state index contributed by atoms with van der Waals surface area (Å²) >= 11 is 6.09. The Kier molecular flexibility index (Phi) is 5.12. The first kappa shape index (κ1) is 16.6. The molecule has 1 aromatic carbocycles. The first-order chi connectivity index (χ1) is 11.1. The number of nitrogens with one attached hydrogen (secondary N) is 1. The zero-order valence-electron chi connectivity index (χ0n) is 13.7. The van der Waals surface area contributed by atoms with Crippen molar-refractivity contribution in [1.29, 1.82) is 0 Å². The molecule has 2 heterocycles. The van der Waals surface area contributed by atoms with Gasteiger partial charge in [0.05, 0.1) is 5.02 Å². The molecule has 0 spiro atoms. The van der Waals surface area contributed by atoms with Crippen molar-refractivity contribution in [2.75, 3.05) is 19.7 Å². The molecule has 2 aliphatic heterocycles. The highest BCUT2D eigenvalue weighted by Crippen LogP contribution is 2.33. The van der Waals surface area contributed by atoms with Crippen molar-refractivity contribution in [3.05, 3.63) is 29.3 Å². The summed E-state index contributed by atoms with van der Waals surface area (Å²) in [7, 11) is 0. The molecular weight excluding hydrogens is 312 g/mol. The van der Waals surface area contributed by atoms with Crippen LogP contribution in [0.5, 0.6) is 5.75 Å². The molecule has 0 aromatic heterocycles. The van der Waals surface area contributed by atoms with Gasteiger partial charge >= 0.3 is 0 Å². The van der Waals surface area contributed by atoms with Crippen molar-refractivity contribution >= 4 is 17.5 Å². The van der Waals surface area contributed by atoms with Crippen LogP contribution in [0, 0.1) is 0 Å². The molecule has 126 valence electrons. The predicted octanol–water partition coefficient (Wildman–Crippen LogP) is 3.24. The Bertz CT molecular complexity index is 566. The molecule has 23 heavy (non-hydrogen) atoms. The van der Waals surface area contributed by atoms with Crippen LogP contribution in [0.3, 0.4) is 0 Å². The van der Waals surface area contributed by atoms with Gasteiger partial charge in [0.15, 0.2) is 6.61 Å². The Balaban J connectivity index is 1.67. The molecule has 1 aromatic rings. The molecule has 5 heteroatoms. The van der Waals surface area contributed by atoms with Gasteiger partial charge in [-0.15, -0.1) is 0 Å². The smallest absolute Gasteiger partial charge is 0.260 e. The van der Waals surface area contributed by atoms with Crippen LogP contribution in [0.4, 0.5) is 0 Å². The van der Waals surface area contributed by atoms with Gasteiger partial charge in [-0.2, -0.15) is 0 Å². The lowest BCUT2D eigenvalue weighted by atomic mass is 9.81. The fourth-order valence-electron chi connectivity index (χ4n) is 3.88. The first-order valence-corrected chi connectivity index (χ1v) is 8.90. The molecule has 4 nitrogen and oxygen atoms in total. The van der Waals surface area contributed by atoms with Crippen LogP contribution in [0.2, 0.25) is 5.02 Å². The molecule has 2 fully saturated rings. The van der Waals surface area contributed by atoms with E-state index in [4.69, 9.17) is 16.3 Å².